The first kappa shape index (κ1) is 15.9. The average Bonchev–Trinajstić information content (AvgIpc) is 2.38. The van der Waals surface area contributed by atoms with Crippen LogP contribution < -0.4 is 10.6 Å². The van der Waals surface area contributed by atoms with E-state index in [-0.39, 0.29) is 12.6 Å². The van der Waals surface area contributed by atoms with E-state index in [0.29, 0.717) is 19.5 Å². The van der Waals surface area contributed by atoms with E-state index in [9.17, 15) is 9.90 Å². The normalized spacial score (nSPS) is 11.9. The lowest BCUT2D eigenvalue weighted by Gasteiger charge is -2.11. The van der Waals surface area contributed by atoms with Gasteiger partial charge in [0.15, 0.2) is 0 Å². The molecule has 1 aromatic rings. The standard InChI is InChI=1S/C13H19BrN2O3/c1-19-9-12(17)6-7-15-13(18)16-8-10-2-4-11(14)5-3-10/h2-5,12,17H,6-9H2,1H3,(H2,15,16,18). The van der Waals surface area contributed by atoms with E-state index < -0.39 is 6.10 Å². The van der Waals surface area contributed by atoms with Crippen LogP contribution in [-0.4, -0.2) is 37.5 Å². The highest BCUT2D eigenvalue weighted by Crippen LogP contribution is 2.10. The quantitative estimate of drug-likeness (QED) is 0.711. The predicted octanol–water partition coefficient (Wildman–Crippen LogP) is 1.65. The van der Waals surface area contributed by atoms with Crippen molar-refractivity contribution in [3.63, 3.8) is 0 Å². The SMILES string of the molecule is COCC(O)CCNC(=O)NCc1ccc(Br)cc1. The first-order valence-corrected chi connectivity index (χ1v) is 6.84. The highest BCUT2D eigenvalue weighted by atomic mass is 79.9. The summed E-state index contributed by atoms with van der Waals surface area (Å²) in [6.07, 6.45) is -0.0729. The van der Waals surface area contributed by atoms with Crippen molar-refractivity contribution in [2.45, 2.75) is 19.1 Å². The van der Waals surface area contributed by atoms with Crippen LogP contribution in [-0.2, 0) is 11.3 Å². The molecule has 0 aliphatic rings. The number of carbonyl (C=O) groups excluding carboxylic acids is 1. The molecule has 6 heteroatoms. The lowest BCUT2D eigenvalue weighted by Crippen LogP contribution is -2.36. The monoisotopic (exact) mass is 330 g/mol. The minimum absolute atomic E-state index is 0.243. The van der Waals surface area contributed by atoms with E-state index in [1.54, 1.807) is 0 Å². The molecule has 1 aromatic carbocycles. The molecule has 19 heavy (non-hydrogen) atoms. The molecule has 0 aromatic heterocycles. The number of hydrogen-bond donors (Lipinski definition) is 3. The molecule has 2 amide bonds. The molecule has 1 atom stereocenters. The third kappa shape index (κ3) is 7.15. The maximum absolute atomic E-state index is 11.5. The van der Waals surface area contributed by atoms with Gasteiger partial charge in [0.1, 0.15) is 0 Å². The van der Waals surface area contributed by atoms with Crippen LogP contribution in [0.1, 0.15) is 12.0 Å². The summed E-state index contributed by atoms with van der Waals surface area (Å²) in [4.78, 5) is 11.5. The van der Waals surface area contributed by atoms with Crippen LogP contribution >= 0.6 is 15.9 Å². The molecule has 3 N–H and O–H groups in total. The van der Waals surface area contributed by atoms with Gasteiger partial charge >= 0.3 is 6.03 Å². The van der Waals surface area contributed by atoms with Crippen molar-refractivity contribution in [3.05, 3.63) is 34.3 Å². The highest BCUT2D eigenvalue weighted by Gasteiger charge is 2.04. The van der Waals surface area contributed by atoms with Crippen molar-refractivity contribution in [1.82, 2.24) is 10.6 Å². The summed E-state index contributed by atoms with van der Waals surface area (Å²) in [6.45, 7) is 1.17. The van der Waals surface area contributed by atoms with E-state index >= 15 is 0 Å². The lowest BCUT2D eigenvalue weighted by atomic mass is 10.2. The van der Waals surface area contributed by atoms with Gasteiger partial charge in [0.05, 0.1) is 12.7 Å². The Kier molecular flexibility index (Phi) is 7.47. The Morgan fingerprint density at radius 1 is 1.37 bits per heavy atom. The molecule has 0 spiro atoms. The lowest BCUT2D eigenvalue weighted by molar-refractivity contribution is 0.0598. The number of rotatable bonds is 7. The largest absolute Gasteiger partial charge is 0.391 e. The number of benzene rings is 1. The van der Waals surface area contributed by atoms with Crippen LogP contribution in [0.2, 0.25) is 0 Å². The first-order valence-electron chi connectivity index (χ1n) is 6.05. The Labute approximate surface area is 121 Å². The van der Waals surface area contributed by atoms with Gasteiger partial charge in [-0.25, -0.2) is 4.79 Å². The van der Waals surface area contributed by atoms with Gasteiger partial charge in [-0.2, -0.15) is 0 Å². The van der Waals surface area contributed by atoms with E-state index in [1.165, 1.54) is 7.11 Å². The summed E-state index contributed by atoms with van der Waals surface area (Å²) in [5, 5.41) is 14.8. The van der Waals surface area contributed by atoms with Crippen LogP contribution in [0, 0.1) is 0 Å². The molecule has 0 fully saturated rings. The molecule has 0 saturated heterocycles. The Bertz CT molecular complexity index is 384. The number of methoxy groups -OCH3 is 1. The molecule has 0 saturated carbocycles. The molecule has 0 bridgehead atoms. The number of aliphatic hydroxyl groups excluding tert-OH is 1. The second-order valence-corrected chi connectivity index (χ2v) is 5.05. The number of nitrogens with one attached hydrogen (secondary N) is 2. The summed E-state index contributed by atoms with van der Waals surface area (Å²) in [5.74, 6) is 0. The van der Waals surface area contributed by atoms with Crippen LogP contribution in [0.5, 0.6) is 0 Å². The van der Waals surface area contributed by atoms with E-state index in [0.717, 1.165) is 10.0 Å². The number of ether oxygens (including phenoxy) is 1. The maximum Gasteiger partial charge on any atom is 0.315 e. The van der Waals surface area contributed by atoms with Crippen LogP contribution in [0.25, 0.3) is 0 Å². The molecule has 106 valence electrons. The number of halogens is 1. The Morgan fingerprint density at radius 3 is 2.68 bits per heavy atom. The summed E-state index contributed by atoms with van der Waals surface area (Å²) in [5.41, 5.74) is 1.03. The fraction of sp³-hybridized carbons (Fsp3) is 0.462. The fourth-order valence-corrected chi connectivity index (χ4v) is 1.74. The second kappa shape index (κ2) is 8.90. The first-order chi connectivity index (χ1) is 9.11. The Hall–Kier alpha value is -1.11. The summed E-state index contributed by atoms with van der Waals surface area (Å²) >= 11 is 3.35. The summed E-state index contributed by atoms with van der Waals surface area (Å²) in [7, 11) is 1.53. The van der Waals surface area contributed by atoms with Crippen LogP contribution in [0.3, 0.4) is 0 Å². The zero-order valence-corrected chi connectivity index (χ0v) is 12.4. The third-order valence-electron chi connectivity index (χ3n) is 2.49. The average molecular weight is 331 g/mol. The van der Waals surface area contributed by atoms with Crippen LogP contribution in [0.15, 0.2) is 28.7 Å². The van der Waals surface area contributed by atoms with Gasteiger partial charge in [0.2, 0.25) is 0 Å². The number of urea groups is 1. The highest BCUT2D eigenvalue weighted by molar-refractivity contribution is 9.10. The number of aliphatic hydroxyl groups is 1. The molecule has 0 radical (unpaired) electrons. The summed E-state index contributed by atoms with van der Waals surface area (Å²) < 4.78 is 5.80. The van der Waals surface area contributed by atoms with Gasteiger partial charge in [-0.3, -0.25) is 0 Å². The van der Waals surface area contributed by atoms with Gasteiger partial charge in [0, 0.05) is 24.7 Å². The Balaban J connectivity index is 2.16. The van der Waals surface area contributed by atoms with Gasteiger partial charge in [-0.15, -0.1) is 0 Å². The minimum atomic E-state index is -0.545. The minimum Gasteiger partial charge on any atom is -0.391 e. The third-order valence-corrected chi connectivity index (χ3v) is 3.02. The maximum atomic E-state index is 11.5. The zero-order valence-electron chi connectivity index (χ0n) is 10.9. The van der Waals surface area contributed by atoms with Crippen molar-refractivity contribution >= 4 is 22.0 Å². The molecule has 0 heterocycles. The molecule has 5 nitrogen and oxygen atoms in total. The zero-order chi connectivity index (χ0) is 14.1. The predicted molar refractivity (Wildman–Crippen MR) is 76.9 cm³/mol. The van der Waals surface area contributed by atoms with Crippen molar-refractivity contribution in [3.8, 4) is 0 Å². The number of carbonyl (C=O) groups is 1. The van der Waals surface area contributed by atoms with E-state index in [4.69, 9.17) is 4.74 Å². The molecule has 1 unspecified atom stereocenters. The number of amides is 2. The molecular formula is C13H19BrN2O3. The van der Waals surface area contributed by atoms with Crippen molar-refractivity contribution in [2.75, 3.05) is 20.3 Å². The van der Waals surface area contributed by atoms with Gasteiger partial charge in [-0.05, 0) is 24.1 Å². The molecule has 0 aliphatic carbocycles. The van der Waals surface area contributed by atoms with Crippen molar-refractivity contribution in [2.24, 2.45) is 0 Å². The molecule has 1 rings (SSSR count). The van der Waals surface area contributed by atoms with Crippen LogP contribution in [0.4, 0.5) is 4.79 Å². The van der Waals surface area contributed by atoms with Gasteiger partial charge < -0.3 is 20.5 Å². The topological polar surface area (TPSA) is 70.6 Å². The number of hydrogen-bond acceptors (Lipinski definition) is 3. The Morgan fingerprint density at radius 2 is 2.05 bits per heavy atom. The van der Waals surface area contributed by atoms with Gasteiger partial charge in [0.25, 0.3) is 0 Å². The summed E-state index contributed by atoms with van der Waals surface area (Å²) in [6, 6.07) is 7.48. The van der Waals surface area contributed by atoms with Crippen molar-refractivity contribution in [1.29, 1.82) is 0 Å². The fourth-order valence-electron chi connectivity index (χ4n) is 1.48. The molecule has 0 aliphatic heterocycles. The smallest absolute Gasteiger partial charge is 0.315 e. The molecular weight excluding hydrogens is 312 g/mol. The van der Waals surface area contributed by atoms with E-state index in [2.05, 4.69) is 26.6 Å². The second-order valence-electron chi connectivity index (χ2n) is 4.13. The van der Waals surface area contributed by atoms with Gasteiger partial charge in [-0.1, -0.05) is 28.1 Å². The van der Waals surface area contributed by atoms with E-state index in [1.807, 2.05) is 24.3 Å². The van der Waals surface area contributed by atoms with Crippen molar-refractivity contribution < 1.29 is 14.6 Å².